The monoisotopic (exact) mass is 196 g/mol. The third-order valence-electron chi connectivity index (χ3n) is 1.68. The standard InChI is InChI=1S/C9H16N4O/c1-2-3-8-12-7(10)6-9(13-8)11-4-5-14/h6,14H,2-5H2,1H3,(H3,10,11,12,13). The van der Waals surface area contributed by atoms with Gasteiger partial charge in [-0.25, -0.2) is 9.97 Å². The Morgan fingerprint density at radius 1 is 1.50 bits per heavy atom. The largest absolute Gasteiger partial charge is 0.395 e. The fraction of sp³-hybridized carbons (Fsp3) is 0.556. The molecule has 0 fully saturated rings. The topological polar surface area (TPSA) is 84.1 Å². The Labute approximate surface area is 83.4 Å². The maximum atomic E-state index is 8.63. The van der Waals surface area contributed by atoms with Crippen LogP contribution in [0, 0.1) is 0 Å². The Hall–Kier alpha value is -1.36. The average Bonchev–Trinajstić information content (AvgIpc) is 2.14. The number of aryl methyl sites for hydroxylation is 1. The first-order valence-corrected chi connectivity index (χ1v) is 4.74. The van der Waals surface area contributed by atoms with Crippen LogP contribution in [-0.2, 0) is 6.42 Å². The number of nitrogen functional groups attached to an aromatic ring is 1. The van der Waals surface area contributed by atoms with Crippen molar-refractivity contribution in [3.8, 4) is 0 Å². The SMILES string of the molecule is CCCc1nc(N)cc(NCCO)n1. The number of hydrogen-bond donors (Lipinski definition) is 3. The van der Waals surface area contributed by atoms with Crippen LogP contribution < -0.4 is 11.1 Å². The molecule has 14 heavy (non-hydrogen) atoms. The number of nitrogens with zero attached hydrogens (tertiary/aromatic N) is 2. The molecule has 0 spiro atoms. The number of anilines is 2. The van der Waals surface area contributed by atoms with Gasteiger partial charge in [0.05, 0.1) is 6.61 Å². The summed E-state index contributed by atoms with van der Waals surface area (Å²) in [6.07, 6.45) is 1.81. The summed E-state index contributed by atoms with van der Waals surface area (Å²) in [5, 5.41) is 11.6. The highest BCUT2D eigenvalue weighted by Gasteiger charge is 2.00. The van der Waals surface area contributed by atoms with Crippen molar-refractivity contribution in [1.82, 2.24) is 9.97 Å². The predicted molar refractivity (Wildman–Crippen MR) is 56.0 cm³/mol. The number of nitrogens with one attached hydrogen (secondary N) is 1. The van der Waals surface area contributed by atoms with Crippen LogP contribution in [-0.4, -0.2) is 28.2 Å². The molecule has 1 aromatic rings. The second-order valence-corrected chi connectivity index (χ2v) is 2.99. The molecule has 0 radical (unpaired) electrons. The Balaban J connectivity index is 2.73. The zero-order valence-corrected chi connectivity index (χ0v) is 8.32. The number of rotatable bonds is 5. The molecule has 0 aromatic carbocycles. The Morgan fingerprint density at radius 3 is 2.93 bits per heavy atom. The van der Waals surface area contributed by atoms with Crippen LogP contribution in [0.3, 0.4) is 0 Å². The van der Waals surface area contributed by atoms with E-state index in [-0.39, 0.29) is 6.61 Å². The van der Waals surface area contributed by atoms with Gasteiger partial charge in [-0.2, -0.15) is 0 Å². The van der Waals surface area contributed by atoms with Gasteiger partial charge in [-0.05, 0) is 6.42 Å². The van der Waals surface area contributed by atoms with Gasteiger partial charge >= 0.3 is 0 Å². The van der Waals surface area contributed by atoms with Crippen LogP contribution in [0.25, 0.3) is 0 Å². The van der Waals surface area contributed by atoms with Crippen molar-refractivity contribution in [2.24, 2.45) is 0 Å². The van der Waals surface area contributed by atoms with Crippen molar-refractivity contribution in [1.29, 1.82) is 0 Å². The highest BCUT2D eigenvalue weighted by molar-refractivity contribution is 5.44. The summed E-state index contributed by atoms with van der Waals surface area (Å²) in [5.41, 5.74) is 5.61. The van der Waals surface area contributed by atoms with Crippen molar-refractivity contribution < 1.29 is 5.11 Å². The van der Waals surface area contributed by atoms with Gasteiger partial charge in [-0.15, -0.1) is 0 Å². The zero-order chi connectivity index (χ0) is 10.4. The van der Waals surface area contributed by atoms with Crippen LogP contribution in [0.2, 0.25) is 0 Å². The maximum Gasteiger partial charge on any atom is 0.133 e. The lowest BCUT2D eigenvalue weighted by atomic mass is 10.3. The molecule has 4 N–H and O–H groups in total. The van der Waals surface area contributed by atoms with Gasteiger partial charge in [0.15, 0.2) is 0 Å². The summed E-state index contributed by atoms with van der Waals surface area (Å²) in [6, 6.07) is 1.66. The fourth-order valence-electron chi connectivity index (χ4n) is 1.13. The molecule has 0 unspecified atom stereocenters. The minimum Gasteiger partial charge on any atom is -0.395 e. The zero-order valence-electron chi connectivity index (χ0n) is 8.32. The van der Waals surface area contributed by atoms with Gasteiger partial charge in [-0.1, -0.05) is 6.92 Å². The van der Waals surface area contributed by atoms with Gasteiger partial charge in [0.25, 0.3) is 0 Å². The van der Waals surface area contributed by atoms with E-state index in [0.717, 1.165) is 18.7 Å². The Bertz CT molecular complexity index is 290. The molecule has 0 atom stereocenters. The summed E-state index contributed by atoms with van der Waals surface area (Å²) in [6.45, 7) is 2.61. The van der Waals surface area contributed by atoms with E-state index in [9.17, 15) is 0 Å². The van der Waals surface area contributed by atoms with Crippen LogP contribution in [0.4, 0.5) is 11.6 Å². The third-order valence-corrected chi connectivity index (χ3v) is 1.68. The van der Waals surface area contributed by atoms with E-state index in [1.165, 1.54) is 0 Å². The summed E-state index contributed by atoms with van der Waals surface area (Å²) >= 11 is 0. The van der Waals surface area contributed by atoms with E-state index in [1.54, 1.807) is 6.07 Å². The summed E-state index contributed by atoms with van der Waals surface area (Å²) < 4.78 is 0. The molecule has 5 nitrogen and oxygen atoms in total. The number of hydrogen-bond acceptors (Lipinski definition) is 5. The molecule has 5 heteroatoms. The second kappa shape index (κ2) is 5.39. The first-order chi connectivity index (χ1) is 6.76. The lowest BCUT2D eigenvalue weighted by Gasteiger charge is -2.06. The molecular formula is C9H16N4O. The molecule has 0 saturated heterocycles. The van der Waals surface area contributed by atoms with Crippen LogP contribution in [0.5, 0.6) is 0 Å². The first-order valence-electron chi connectivity index (χ1n) is 4.74. The van der Waals surface area contributed by atoms with E-state index in [2.05, 4.69) is 22.2 Å². The second-order valence-electron chi connectivity index (χ2n) is 2.99. The number of aliphatic hydroxyl groups is 1. The van der Waals surface area contributed by atoms with Crippen LogP contribution in [0.1, 0.15) is 19.2 Å². The normalized spacial score (nSPS) is 10.1. The molecule has 0 bridgehead atoms. The van der Waals surface area contributed by atoms with E-state index >= 15 is 0 Å². The Morgan fingerprint density at radius 2 is 2.29 bits per heavy atom. The first kappa shape index (κ1) is 10.7. The van der Waals surface area contributed by atoms with E-state index in [0.29, 0.717) is 18.2 Å². The quantitative estimate of drug-likeness (QED) is 0.635. The number of aromatic nitrogens is 2. The van der Waals surface area contributed by atoms with Crippen molar-refractivity contribution in [3.63, 3.8) is 0 Å². The van der Waals surface area contributed by atoms with E-state index in [4.69, 9.17) is 10.8 Å². The fourth-order valence-corrected chi connectivity index (χ4v) is 1.13. The van der Waals surface area contributed by atoms with Crippen molar-refractivity contribution in [2.45, 2.75) is 19.8 Å². The minimum absolute atomic E-state index is 0.0764. The van der Waals surface area contributed by atoms with E-state index < -0.39 is 0 Å². The molecule has 78 valence electrons. The lowest BCUT2D eigenvalue weighted by molar-refractivity contribution is 0.311. The number of aliphatic hydroxyl groups excluding tert-OH is 1. The molecule has 0 aliphatic rings. The molecule has 0 saturated carbocycles. The highest BCUT2D eigenvalue weighted by Crippen LogP contribution is 2.08. The van der Waals surface area contributed by atoms with Crippen LogP contribution >= 0.6 is 0 Å². The maximum absolute atomic E-state index is 8.63. The van der Waals surface area contributed by atoms with Crippen molar-refractivity contribution in [3.05, 3.63) is 11.9 Å². The van der Waals surface area contributed by atoms with Crippen LogP contribution in [0.15, 0.2) is 6.07 Å². The van der Waals surface area contributed by atoms with Gasteiger partial charge in [-0.3, -0.25) is 0 Å². The summed E-state index contributed by atoms with van der Waals surface area (Å²) in [5.74, 6) is 1.88. The van der Waals surface area contributed by atoms with Gasteiger partial charge in [0, 0.05) is 19.0 Å². The summed E-state index contributed by atoms with van der Waals surface area (Å²) in [4.78, 5) is 8.34. The number of nitrogens with two attached hydrogens (primary N) is 1. The molecule has 1 rings (SSSR count). The average molecular weight is 196 g/mol. The Kier molecular flexibility index (Phi) is 4.12. The van der Waals surface area contributed by atoms with Gasteiger partial charge in [0.1, 0.15) is 17.5 Å². The van der Waals surface area contributed by atoms with Crippen molar-refractivity contribution >= 4 is 11.6 Å². The van der Waals surface area contributed by atoms with E-state index in [1.807, 2.05) is 0 Å². The highest BCUT2D eigenvalue weighted by atomic mass is 16.3. The summed E-state index contributed by atoms with van der Waals surface area (Å²) in [7, 11) is 0. The predicted octanol–water partition coefficient (Wildman–Crippen LogP) is 0.416. The molecule has 0 aliphatic carbocycles. The van der Waals surface area contributed by atoms with Gasteiger partial charge < -0.3 is 16.2 Å². The molecule has 1 heterocycles. The van der Waals surface area contributed by atoms with Gasteiger partial charge in [0.2, 0.25) is 0 Å². The van der Waals surface area contributed by atoms with Crippen molar-refractivity contribution in [2.75, 3.05) is 24.2 Å². The molecule has 0 amide bonds. The smallest absolute Gasteiger partial charge is 0.133 e. The minimum atomic E-state index is 0.0764. The third kappa shape index (κ3) is 3.18. The molecule has 0 aliphatic heterocycles. The molecular weight excluding hydrogens is 180 g/mol. The molecule has 1 aromatic heterocycles. The lowest BCUT2D eigenvalue weighted by Crippen LogP contribution is -2.09.